The van der Waals surface area contributed by atoms with Crippen molar-refractivity contribution in [1.82, 2.24) is 10.6 Å². The van der Waals surface area contributed by atoms with Crippen LogP contribution in [-0.4, -0.2) is 44.4 Å². The summed E-state index contributed by atoms with van der Waals surface area (Å²) in [6.45, 7) is 8.06. The average molecular weight is 488 g/mol. The van der Waals surface area contributed by atoms with Crippen molar-refractivity contribution < 1.29 is 5.11 Å². The van der Waals surface area contributed by atoms with Gasteiger partial charge in [0.1, 0.15) is 0 Å². The van der Waals surface area contributed by atoms with Gasteiger partial charge in [-0.05, 0) is 55.7 Å². The van der Waals surface area contributed by atoms with Crippen molar-refractivity contribution in [1.29, 1.82) is 0 Å². The van der Waals surface area contributed by atoms with Crippen LogP contribution in [0.4, 0.5) is 5.69 Å². The number of hydrogen-bond donors (Lipinski definition) is 3. The molecule has 0 radical (unpaired) electrons. The number of anilines is 1. The molecule has 1 aliphatic heterocycles. The van der Waals surface area contributed by atoms with Gasteiger partial charge in [-0.2, -0.15) is 0 Å². The third kappa shape index (κ3) is 7.86. The third-order valence-electron chi connectivity index (χ3n) is 5.05. The SMILES string of the molecule is CCCC(CCO)CNC(=NCc1ccc2c(c1)CCCN2C)NCC.I. The smallest absolute Gasteiger partial charge is 0.191 e. The van der Waals surface area contributed by atoms with Gasteiger partial charge in [0.2, 0.25) is 0 Å². The van der Waals surface area contributed by atoms with E-state index in [9.17, 15) is 5.11 Å². The molecule has 1 unspecified atom stereocenters. The van der Waals surface area contributed by atoms with E-state index in [1.807, 2.05) is 0 Å². The molecule has 1 atom stereocenters. The van der Waals surface area contributed by atoms with Crippen LogP contribution >= 0.6 is 24.0 Å². The van der Waals surface area contributed by atoms with E-state index >= 15 is 0 Å². The van der Waals surface area contributed by atoms with Gasteiger partial charge in [-0.1, -0.05) is 25.5 Å². The Morgan fingerprint density at radius 3 is 2.78 bits per heavy atom. The summed E-state index contributed by atoms with van der Waals surface area (Å²) in [5.41, 5.74) is 4.06. The number of aryl methyl sites for hydroxylation is 1. The van der Waals surface area contributed by atoms with Crippen LogP contribution in [0.1, 0.15) is 50.7 Å². The Kier molecular flexibility index (Phi) is 11.7. The van der Waals surface area contributed by atoms with Crippen LogP contribution in [0.15, 0.2) is 23.2 Å². The van der Waals surface area contributed by atoms with E-state index in [2.05, 4.69) is 54.6 Å². The number of hydrogen-bond acceptors (Lipinski definition) is 3. The van der Waals surface area contributed by atoms with Crippen LogP contribution in [0, 0.1) is 5.92 Å². The van der Waals surface area contributed by atoms with E-state index in [0.717, 1.165) is 51.3 Å². The van der Waals surface area contributed by atoms with Gasteiger partial charge in [-0.3, -0.25) is 0 Å². The summed E-state index contributed by atoms with van der Waals surface area (Å²) in [5.74, 6) is 1.36. The standard InChI is InChI=1S/C21H36N4O.HI/c1-4-7-17(11-13-26)15-23-21(22-5-2)24-16-18-9-10-20-19(14-18)8-6-12-25(20)3;/h9-10,14,17,26H,4-8,11-13,15-16H2,1-3H3,(H2,22,23,24);1H. The van der Waals surface area contributed by atoms with Crippen molar-refractivity contribution in [3.05, 3.63) is 29.3 Å². The molecule has 0 saturated heterocycles. The topological polar surface area (TPSA) is 59.9 Å². The Morgan fingerprint density at radius 2 is 2.07 bits per heavy atom. The zero-order valence-corrected chi connectivity index (χ0v) is 19.5. The molecule has 27 heavy (non-hydrogen) atoms. The zero-order valence-electron chi connectivity index (χ0n) is 17.1. The highest BCUT2D eigenvalue weighted by Gasteiger charge is 2.13. The summed E-state index contributed by atoms with van der Waals surface area (Å²) in [7, 11) is 2.17. The highest BCUT2D eigenvalue weighted by atomic mass is 127. The monoisotopic (exact) mass is 488 g/mol. The molecular weight excluding hydrogens is 451 g/mol. The normalized spacial score (nSPS) is 15.0. The summed E-state index contributed by atoms with van der Waals surface area (Å²) in [4.78, 5) is 7.10. The fourth-order valence-electron chi connectivity index (χ4n) is 3.63. The summed E-state index contributed by atoms with van der Waals surface area (Å²) in [6, 6.07) is 6.74. The fraction of sp³-hybridized carbons (Fsp3) is 0.667. The number of aliphatic hydroxyl groups excluding tert-OH is 1. The number of fused-ring (bicyclic) bond motifs is 1. The molecule has 0 fully saturated rings. The molecule has 3 N–H and O–H groups in total. The molecule has 1 aliphatic rings. The van der Waals surface area contributed by atoms with Crippen molar-refractivity contribution in [2.24, 2.45) is 10.9 Å². The maximum atomic E-state index is 9.22. The molecule has 0 spiro atoms. The number of rotatable bonds is 9. The number of halogens is 1. The van der Waals surface area contributed by atoms with Gasteiger partial charge < -0.3 is 20.6 Å². The second-order valence-corrected chi connectivity index (χ2v) is 7.23. The Bertz CT molecular complexity index is 573. The number of aliphatic imine (C=N–C) groups is 1. The number of guanidine groups is 1. The van der Waals surface area contributed by atoms with Gasteiger partial charge in [0.25, 0.3) is 0 Å². The lowest BCUT2D eigenvalue weighted by Gasteiger charge is -2.27. The number of aliphatic hydroxyl groups is 1. The van der Waals surface area contributed by atoms with E-state index in [1.54, 1.807) is 0 Å². The molecule has 0 amide bonds. The molecular formula is C21H37IN4O. The second kappa shape index (κ2) is 13.2. The zero-order chi connectivity index (χ0) is 18.8. The van der Waals surface area contributed by atoms with E-state index in [-0.39, 0.29) is 30.6 Å². The van der Waals surface area contributed by atoms with Crippen LogP contribution in [0.3, 0.4) is 0 Å². The molecule has 0 aromatic heterocycles. The first kappa shape index (κ1) is 24.0. The van der Waals surface area contributed by atoms with Gasteiger partial charge in [0.15, 0.2) is 5.96 Å². The molecule has 5 nitrogen and oxygen atoms in total. The molecule has 0 aliphatic carbocycles. The molecule has 1 heterocycles. The Morgan fingerprint density at radius 1 is 1.26 bits per heavy atom. The second-order valence-electron chi connectivity index (χ2n) is 7.23. The molecule has 6 heteroatoms. The van der Waals surface area contributed by atoms with Crippen LogP contribution in [0.5, 0.6) is 0 Å². The summed E-state index contributed by atoms with van der Waals surface area (Å²) in [5, 5.41) is 16.0. The predicted molar refractivity (Wildman–Crippen MR) is 126 cm³/mol. The fourth-order valence-corrected chi connectivity index (χ4v) is 3.63. The van der Waals surface area contributed by atoms with E-state index in [4.69, 9.17) is 4.99 Å². The number of nitrogens with one attached hydrogen (secondary N) is 2. The number of benzene rings is 1. The number of nitrogens with zero attached hydrogens (tertiary/aromatic N) is 2. The van der Waals surface area contributed by atoms with Crippen LogP contribution in [0.25, 0.3) is 0 Å². The third-order valence-corrected chi connectivity index (χ3v) is 5.05. The quantitative estimate of drug-likeness (QED) is 0.283. The minimum Gasteiger partial charge on any atom is -0.396 e. The first-order valence-corrected chi connectivity index (χ1v) is 10.1. The van der Waals surface area contributed by atoms with Crippen molar-refractivity contribution in [2.75, 3.05) is 38.2 Å². The van der Waals surface area contributed by atoms with Gasteiger partial charge in [0, 0.05) is 39.0 Å². The van der Waals surface area contributed by atoms with E-state index in [1.165, 1.54) is 23.2 Å². The highest BCUT2D eigenvalue weighted by Crippen LogP contribution is 2.26. The molecule has 1 aromatic carbocycles. The largest absolute Gasteiger partial charge is 0.396 e. The predicted octanol–water partition coefficient (Wildman–Crippen LogP) is 3.54. The van der Waals surface area contributed by atoms with Crippen LogP contribution in [-0.2, 0) is 13.0 Å². The molecule has 154 valence electrons. The minimum atomic E-state index is 0. The first-order chi connectivity index (χ1) is 12.7. The van der Waals surface area contributed by atoms with Crippen molar-refractivity contribution in [2.45, 2.75) is 52.5 Å². The lowest BCUT2D eigenvalue weighted by atomic mass is 10.00. The molecule has 0 bridgehead atoms. The average Bonchev–Trinajstić information content (AvgIpc) is 2.64. The van der Waals surface area contributed by atoms with Gasteiger partial charge >= 0.3 is 0 Å². The minimum absolute atomic E-state index is 0. The maximum absolute atomic E-state index is 9.22. The van der Waals surface area contributed by atoms with Crippen molar-refractivity contribution >= 4 is 35.6 Å². The maximum Gasteiger partial charge on any atom is 0.191 e. The van der Waals surface area contributed by atoms with Crippen molar-refractivity contribution in [3.8, 4) is 0 Å². The van der Waals surface area contributed by atoms with E-state index < -0.39 is 0 Å². The van der Waals surface area contributed by atoms with Crippen molar-refractivity contribution in [3.63, 3.8) is 0 Å². The van der Waals surface area contributed by atoms with Gasteiger partial charge in [-0.15, -0.1) is 24.0 Å². The summed E-state index contributed by atoms with van der Waals surface area (Å²) in [6.07, 6.45) is 5.51. The Hall–Kier alpha value is -1.02. The van der Waals surface area contributed by atoms with Crippen LogP contribution in [0.2, 0.25) is 0 Å². The van der Waals surface area contributed by atoms with Gasteiger partial charge in [0.05, 0.1) is 6.54 Å². The lowest BCUT2D eigenvalue weighted by Crippen LogP contribution is -2.40. The Balaban J connectivity index is 0.00000364. The highest BCUT2D eigenvalue weighted by molar-refractivity contribution is 14.0. The molecule has 2 rings (SSSR count). The summed E-state index contributed by atoms with van der Waals surface area (Å²) >= 11 is 0. The molecule has 0 saturated carbocycles. The van der Waals surface area contributed by atoms with Crippen LogP contribution < -0.4 is 15.5 Å². The van der Waals surface area contributed by atoms with Gasteiger partial charge in [-0.25, -0.2) is 4.99 Å². The summed E-state index contributed by atoms with van der Waals surface area (Å²) < 4.78 is 0. The Labute approximate surface area is 182 Å². The lowest BCUT2D eigenvalue weighted by molar-refractivity contribution is 0.251. The van der Waals surface area contributed by atoms with E-state index in [0.29, 0.717) is 12.5 Å². The molecule has 1 aromatic rings. The first-order valence-electron chi connectivity index (χ1n) is 10.1.